The maximum absolute atomic E-state index is 11.4. The van der Waals surface area contributed by atoms with Gasteiger partial charge in [-0.3, -0.25) is 0 Å². The Labute approximate surface area is 183 Å². The first-order valence-corrected chi connectivity index (χ1v) is 12.5. The van der Waals surface area contributed by atoms with Gasteiger partial charge in [0.05, 0.1) is 12.7 Å². The van der Waals surface area contributed by atoms with Gasteiger partial charge < -0.3 is 9.84 Å². The van der Waals surface area contributed by atoms with Gasteiger partial charge in [0.2, 0.25) is 0 Å². The van der Waals surface area contributed by atoms with Crippen molar-refractivity contribution in [3.63, 3.8) is 0 Å². The van der Waals surface area contributed by atoms with E-state index in [9.17, 15) is 9.90 Å². The number of allylic oxidation sites excluding steroid dienone is 2. The molecule has 1 N–H and O–H groups in total. The van der Waals surface area contributed by atoms with E-state index in [2.05, 4.69) is 26.8 Å². The standard InChI is InChI=1S/C27H42O3/c1-5-27(29)16-14-20-19(17-27)9-10-22-21(20)13-15-26(3)23(11-12-24(22)26)18(2)7-6-8-25(28)30-4/h6,8-9,18,20-24,29H,5,7,10-17H2,1-4H3/b8-6+/t18-,20+,21-,22-,23-,24+,26-,27+/m1/s1. The monoisotopic (exact) mass is 414 g/mol. The van der Waals surface area contributed by atoms with Crippen molar-refractivity contribution in [3.8, 4) is 0 Å². The smallest absolute Gasteiger partial charge is 0.330 e. The van der Waals surface area contributed by atoms with Crippen LogP contribution in [0.25, 0.3) is 0 Å². The van der Waals surface area contributed by atoms with Crippen LogP contribution in [0.5, 0.6) is 0 Å². The SMILES string of the molecule is CC[C@]1(O)CC[C@H]2C(=CC[C@@H]3[C@@H]2CC[C@]2(C)[C@@H]([C@H](C)C/C=C/C(=O)OC)CC[C@@H]32)C1. The van der Waals surface area contributed by atoms with Crippen LogP contribution in [-0.2, 0) is 9.53 Å². The molecule has 0 aromatic heterocycles. The maximum atomic E-state index is 11.4. The largest absolute Gasteiger partial charge is 0.466 e. The van der Waals surface area contributed by atoms with Gasteiger partial charge in [0.25, 0.3) is 0 Å². The van der Waals surface area contributed by atoms with Crippen molar-refractivity contribution in [2.24, 2.45) is 40.9 Å². The predicted octanol–water partition coefficient (Wildman–Crippen LogP) is 6.07. The molecule has 8 atom stereocenters. The Morgan fingerprint density at radius 1 is 1.27 bits per heavy atom. The third kappa shape index (κ3) is 3.80. The van der Waals surface area contributed by atoms with E-state index in [0.717, 1.165) is 55.3 Å². The molecule has 3 heteroatoms. The van der Waals surface area contributed by atoms with Gasteiger partial charge in [-0.2, -0.15) is 0 Å². The van der Waals surface area contributed by atoms with Crippen LogP contribution >= 0.6 is 0 Å². The molecule has 3 saturated carbocycles. The van der Waals surface area contributed by atoms with Gasteiger partial charge in [0.15, 0.2) is 0 Å². The average Bonchev–Trinajstić information content (AvgIpc) is 3.10. The van der Waals surface area contributed by atoms with E-state index in [1.54, 1.807) is 11.6 Å². The summed E-state index contributed by atoms with van der Waals surface area (Å²) in [6.45, 7) is 7.11. The van der Waals surface area contributed by atoms with E-state index < -0.39 is 5.60 Å². The number of ether oxygens (including phenoxy) is 1. The molecule has 0 saturated heterocycles. The second kappa shape index (κ2) is 8.45. The van der Waals surface area contributed by atoms with Gasteiger partial charge in [0, 0.05) is 6.08 Å². The number of esters is 1. The van der Waals surface area contributed by atoms with Crippen molar-refractivity contribution in [1.29, 1.82) is 0 Å². The molecule has 0 heterocycles. The van der Waals surface area contributed by atoms with Crippen LogP contribution in [-0.4, -0.2) is 23.8 Å². The Hall–Kier alpha value is -1.09. The van der Waals surface area contributed by atoms with Crippen molar-refractivity contribution in [3.05, 3.63) is 23.8 Å². The minimum Gasteiger partial charge on any atom is -0.466 e. The maximum Gasteiger partial charge on any atom is 0.330 e. The van der Waals surface area contributed by atoms with Crippen molar-refractivity contribution in [2.45, 2.75) is 90.6 Å². The molecule has 4 rings (SSSR count). The summed E-state index contributed by atoms with van der Waals surface area (Å²) in [4.78, 5) is 11.4. The average molecular weight is 415 g/mol. The molecule has 4 aliphatic carbocycles. The predicted molar refractivity (Wildman–Crippen MR) is 121 cm³/mol. The molecular formula is C27H42O3. The Kier molecular flexibility index (Phi) is 6.23. The molecule has 4 aliphatic rings. The number of hydrogen-bond acceptors (Lipinski definition) is 3. The van der Waals surface area contributed by atoms with E-state index in [0.29, 0.717) is 11.3 Å². The summed E-state index contributed by atoms with van der Waals surface area (Å²) in [6, 6.07) is 0. The summed E-state index contributed by atoms with van der Waals surface area (Å²) < 4.78 is 4.74. The fourth-order valence-corrected chi connectivity index (χ4v) is 8.25. The van der Waals surface area contributed by atoms with Crippen molar-refractivity contribution < 1.29 is 14.6 Å². The number of rotatable bonds is 5. The van der Waals surface area contributed by atoms with Gasteiger partial charge >= 0.3 is 5.97 Å². The summed E-state index contributed by atoms with van der Waals surface area (Å²) in [5, 5.41) is 10.8. The molecule has 30 heavy (non-hydrogen) atoms. The third-order valence-electron chi connectivity index (χ3n) is 9.97. The number of methoxy groups -OCH3 is 1. The Balaban J connectivity index is 1.46. The van der Waals surface area contributed by atoms with Crippen LogP contribution in [0.4, 0.5) is 0 Å². The zero-order valence-electron chi connectivity index (χ0n) is 19.5. The Morgan fingerprint density at radius 2 is 2.07 bits per heavy atom. The van der Waals surface area contributed by atoms with Crippen LogP contribution in [0.2, 0.25) is 0 Å². The molecule has 0 spiro atoms. The van der Waals surface area contributed by atoms with Crippen LogP contribution in [0.3, 0.4) is 0 Å². The van der Waals surface area contributed by atoms with Gasteiger partial charge in [0.1, 0.15) is 0 Å². The molecule has 0 aliphatic heterocycles. The highest BCUT2D eigenvalue weighted by molar-refractivity contribution is 5.81. The summed E-state index contributed by atoms with van der Waals surface area (Å²) >= 11 is 0. The molecule has 0 bridgehead atoms. The fraction of sp³-hybridized carbons (Fsp3) is 0.815. The fourth-order valence-electron chi connectivity index (χ4n) is 8.25. The van der Waals surface area contributed by atoms with E-state index in [-0.39, 0.29) is 5.97 Å². The molecule has 0 amide bonds. The van der Waals surface area contributed by atoms with Crippen LogP contribution < -0.4 is 0 Å². The molecule has 168 valence electrons. The molecule has 0 radical (unpaired) electrons. The molecule has 0 unspecified atom stereocenters. The lowest BCUT2D eigenvalue weighted by molar-refractivity contribution is -0.134. The van der Waals surface area contributed by atoms with Gasteiger partial charge in [-0.1, -0.05) is 38.5 Å². The van der Waals surface area contributed by atoms with Crippen molar-refractivity contribution in [1.82, 2.24) is 0 Å². The lowest BCUT2D eigenvalue weighted by Gasteiger charge is -2.55. The van der Waals surface area contributed by atoms with E-state index in [1.807, 2.05) is 6.08 Å². The number of aliphatic hydroxyl groups is 1. The van der Waals surface area contributed by atoms with E-state index >= 15 is 0 Å². The molecule has 0 aromatic rings. The van der Waals surface area contributed by atoms with Crippen molar-refractivity contribution in [2.75, 3.05) is 7.11 Å². The zero-order valence-corrected chi connectivity index (χ0v) is 19.5. The lowest BCUT2D eigenvalue weighted by Crippen LogP contribution is -2.48. The zero-order chi connectivity index (χ0) is 21.5. The molecule has 3 nitrogen and oxygen atoms in total. The topological polar surface area (TPSA) is 46.5 Å². The summed E-state index contributed by atoms with van der Waals surface area (Å²) in [5.74, 6) is 4.39. The lowest BCUT2D eigenvalue weighted by atomic mass is 9.50. The van der Waals surface area contributed by atoms with Crippen LogP contribution in [0.15, 0.2) is 23.8 Å². The minimum absolute atomic E-state index is 0.245. The third-order valence-corrected chi connectivity index (χ3v) is 9.97. The second-order valence-electron chi connectivity index (χ2n) is 11.2. The highest BCUT2D eigenvalue weighted by Gasteiger charge is 2.56. The van der Waals surface area contributed by atoms with Gasteiger partial charge in [-0.05, 0) is 105 Å². The number of carbonyl (C=O) groups excluding carboxylic acids is 1. The number of carbonyl (C=O) groups is 1. The molecule has 0 aromatic carbocycles. The van der Waals surface area contributed by atoms with Crippen LogP contribution in [0, 0.1) is 40.9 Å². The first kappa shape index (κ1) is 22.1. The van der Waals surface area contributed by atoms with Crippen LogP contribution in [0.1, 0.15) is 85.0 Å². The number of hydrogen-bond donors (Lipinski definition) is 1. The first-order valence-electron chi connectivity index (χ1n) is 12.5. The second-order valence-corrected chi connectivity index (χ2v) is 11.2. The summed E-state index contributed by atoms with van der Waals surface area (Å²) in [6.07, 6.45) is 17.8. The number of fused-ring (bicyclic) bond motifs is 5. The summed E-state index contributed by atoms with van der Waals surface area (Å²) in [5.41, 5.74) is 1.60. The Morgan fingerprint density at radius 3 is 2.80 bits per heavy atom. The van der Waals surface area contributed by atoms with Gasteiger partial charge in [-0.15, -0.1) is 0 Å². The van der Waals surface area contributed by atoms with E-state index in [4.69, 9.17) is 4.74 Å². The Bertz CT molecular complexity index is 709. The summed E-state index contributed by atoms with van der Waals surface area (Å²) in [7, 11) is 1.44. The molecular weight excluding hydrogens is 372 g/mol. The molecule has 3 fully saturated rings. The first-order chi connectivity index (χ1) is 14.3. The quantitative estimate of drug-likeness (QED) is 0.337. The normalized spacial score (nSPS) is 44.0. The highest BCUT2D eigenvalue weighted by Crippen LogP contribution is 2.65. The van der Waals surface area contributed by atoms with E-state index in [1.165, 1.54) is 45.6 Å². The van der Waals surface area contributed by atoms with Crippen molar-refractivity contribution >= 4 is 5.97 Å². The van der Waals surface area contributed by atoms with Gasteiger partial charge in [-0.25, -0.2) is 4.79 Å². The highest BCUT2D eigenvalue weighted by atomic mass is 16.5. The minimum atomic E-state index is -0.441.